The van der Waals surface area contributed by atoms with E-state index in [4.69, 9.17) is 23.2 Å². The summed E-state index contributed by atoms with van der Waals surface area (Å²) in [5.41, 5.74) is -1.49. The molecule has 2 heterocycles. The summed E-state index contributed by atoms with van der Waals surface area (Å²) in [4.78, 5) is 31.3. The van der Waals surface area contributed by atoms with E-state index < -0.39 is 66.8 Å². The highest BCUT2D eigenvalue weighted by molar-refractivity contribution is 7.89. The van der Waals surface area contributed by atoms with Gasteiger partial charge in [-0.2, -0.15) is 17.9 Å². The zero-order valence-corrected chi connectivity index (χ0v) is 25.4. The third kappa shape index (κ3) is 7.87. The zero-order valence-electron chi connectivity index (χ0n) is 22.3. The molecule has 17 heteroatoms. The Hall–Kier alpha value is -2.04. The van der Waals surface area contributed by atoms with Crippen molar-refractivity contribution in [3.8, 4) is 10.4 Å². The third-order valence-corrected chi connectivity index (χ3v) is 9.85. The van der Waals surface area contributed by atoms with E-state index >= 15 is 0 Å². The lowest BCUT2D eigenvalue weighted by Crippen LogP contribution is -2.45. The number of likely N-dealkylation sites (tertiary alicyclic amines) is 1. The van der Waals surface area contributed by atoms with Crippen LogP contribution in [-0.2, 0) is 10.0 Å². The van der Waals surface area contributed by atoms with Crippen molar-refractivity contribution in [2.75, 3.05) is 13.1 Å². The molecule has 2 aromatic rings. The van der Waals surface area contributed by atoms with Crippen LogP contribution in [0.2, 0.25) is 10.0 Å². The number of aromatic nitrogens is 1. The summed E-state index contributed by atoms with van der Waals surface area (Å²) < 4.78 is 79.7. The molecule has 1 saturated heterocycles. The maximum absolute atomic E-state index is 13.9. The molecule has 1 aliphatic heterocycles. The van der Waals surface area contributed by atoms with E-state index in [-0.39, 0.29) is 47.1 Å². The first-order valence-corrected chi connectivity index (χ1v) is 15.3. The summed E-state index contributed by atoms with van der Waals surface area (Å²) in [7, 11) is -4.78. The lowest BCUT2D eigenvalue weighted by molar-refractivity contribution is -0.147. The molecule has 0 radical (unpaired) electrons. The first-order chi connectivity index (χ1) is 18.7. The Kier molecular flexibility index (Phi) is 10.0. The monoisotopic (exact) mass is 662 g/mol. The summed E-state index contributed by atoms with van der Waals surface area (Å²) in [6, 6.07) is -0.857. The molecule has 0 bridgehead atoms. The molecule has 3 N–H and O–H groups in total. The maximum Gasteiger partial charge on any atom is 0.404 e. The molecular formula is C24H28Cl2F4N4O5S2. The summed E-state index contributed by atoms with van der Waals surface area (Å²) in [6.07, 6.45) is -5.77. The van der Waals surface area contributed by atoms with Crippen LogP contribution in [0.3, 0.4) is 0 Å². The molecule has 0 spiro atoms. The first kappa shape index (κ1) is 33.5. The summed E-state index contributed by atoms with van der Waals surface area (Å²) in [5, 5.41) is 11.2. The van der Waals surface area contributed by atoms with Crippen LogP contribution in [0.1, 0.15) is 60.8 Å². The smallest absolute Gasteiger partial charge is 0.389 e. The molecule has 0 saturated carbocycles. The van der Waals surface area contributed by atoms with E-state index in [1.165, 1.54) is 23.5 Å². The molecule has 3 rings (SSSR count). The molecule has 228 valence electrons. The van der Waals surface area contributed by atoms with Crippen LogP contribution < -0.4 is 10.0 Å². The molecule has 9 nitrogen and oxygen atoms in total. The Morgan fingerprint density at radius 1 is 1.24 bits per heavy atom. The number of alkyl halides is 4. The highest BCUT2D eigenvalue weighted by Gasteiger charge is 2.40. The molecule has 3 atom stereocenters. The predicted octanol–water partition coefficient (Wildman–Crippen LogP) is 4.81. The third-order valence-electron chi connectivity index (χ3n) is 6.18. The van der Waals surface area contributed by atoms with Crippen molar-refractivity contribution in [2.45, 2.75) is 75.5 Å². The number of nitrogens with zero attached hydrogens (tertiary/aromatic N) is 2. The van der Waals surface area contributed by atoms with Crippen LogP contribution in [0.15, 0.2) is 17.0 Å². The fourth-order valence-corrected chi connectivity index (χ4v) is 7.10. The second kappa shape index (κ2) is 12.3. The molecule has 41 heavy (non-hydrogen) atoms. The second-order valence-corrected chi connectivity index (χ2v) is 13.7. The van der Waals surface area contributed by atoms with Crippen molar-refractivity contribution in [1.29, 1.82) is 0 Å². The predicted molar refractivity (Wildman–Crippen MR) is 147 cm³/mol. The van der Waals surface area contributed by atoms with Gasteiger partial charge in [0, 0.05) is 24.7 Å². The molecule has 0 aliphatic carbocycles. The van der Waals surface area contributed by atoms with Crippen molar-refractivity contribution in [1.82, 2.24) is 19.9 Å². The first-order valence-electron chi connectivity index (χ1n) is 12.3. The van der Waals surface area contributed by atoms with Gasteiger partial charge in [-0.25, -0.2) is 17.8 Å². The van der Waals surface area contributed by atoms with Crippen LogP contribution >= 0.6 is 34.5 Å². The minimum atomic E-state index is -4.86. The number of carbonyl (C=O) groups is 2. The molecule has 1 aromatic carbocycles. The van der Waals surface area contributed by atoms with Crippen LogP contribution in [0.25, 0.3) is 10.4 Å². The number of sulfonamides is 1. The topological polar surface area (TPSA) is 129 Å². The van der Waals surface area contributed by atoms with Gasteiger partial charge >= 0.3 is 6.18 Å². The Labute approximate surface area is 248 Å². The van der Waals surface area contributed by atoms with Gasteiger partial charge < -0.3 is 15.3 Å². The maximum atomic E-state index is 13.9. The zero-order chi connectivity index (χ0) is 31.1. The van der Waals surface area contributed by atoms with Gasteiger partial charge in [0.2, 0.25) is 10.0 Å². The number of thiazole rings is 1. The van der Waals surface area contributed by atoms with E-state index in [0.717, 1.165) is 23.5 Å². The number of hydrogen-bond donors (Lipinski definition) is 3. The van der Waals surface area contributed by atoms with Gasteiger partial charge in [0.25, 0.3) is 11.8 Å². The average molecular weight is 664 g/mol. The van der Waals surface area contributed by atoms with E-state index in [1.807, 2.05) is 0 Å². The van der Waals surface area contributed by atoms with E-state index in [9.17, 15) is 40.7 Å². The second-order valence-electron chi connectivity index (χ2n) is 10.3. The van der Waals surface area contributed by atoms with Crippen LogP contribution in [0.5, 0.6) is 0 Å². The van der Waals surface area contributed by atoms with Crippen molar-refractivity contribution in [3.05, 3.63) is 32.9 Å². The van der Waals surface area contributed by atoms with E-state index in [2.05, 4.69) is 10.3 Å². The number of aliphatic hydroxyl groups is 1. The molecule has 1 aliphatic rings. The number of nitrogens with one attached hydrogen (secondary N) is 2. The van der Waals surface area contributed by atoms with Crippen molar-refractivity contribution < 1.29 is 40.7 Å². The highest BCUT2D eigenvalue weighted by atomic mass is 35.5. The largest absolute Gasteiger partial charge is 0.404 e. The number of amides is 2. The fraction of sp³-hybridized carbons (Fsp3) is 0.542. The van der Waals surface area contributed by atoms with Gasteiger partial charge in [-0.15, -0.1) is 11.3 Å². The van der Waals surface area contributed by atoms with Gasteiger partial charge in [-0.1, -0.05) is 29.3 Å². The average Bonchev–Trinajstić information content (AvgIpc) is 3.27. The number of halogens is 6. The SMILES string of the molecule is C[C@H](NS(=O)(=O)c1ccc(-c2sc(C(=O)NCC(C)(C)O)nc2C(=O)N2CC[C@@H](F)C[C@@H]2C)c(Cl)c1Cl)C(F)(F)F. The Morgan fingerprint density at radius 2 is 1.88 bits per heavy atom. The standard InChI is InChI=1S/C24H28Cl2F4N4O5S2/c1-11-9-13(27)7-8-34(11)22(36)18-19(40-21(32-18)20(35)31-10-23(3,4)37)14-5-6-15(17(26)16(14)25)41(38,39)33-12(2)24(28,29)30/h5-6,11-13,33,37H,7-10H2,1-4H3,(H,31,35)/t11-,12-,13+/m0/s1. The number of rotatable bonds is 8. The number of hydrogen-bond acceptors (Lipinski definition) is 7. The molecule has 1 aromatic heterocycles. The number of piperidine rings is 1. The summed E-state index contributed by atoms with van der Waals surface area (Å²) in [5.74, 6) is -1.36. The van der Waals surface area contributed by atoms with Gasteiger partial charge in [-0.3, -0.25) is 9.59 Å². The minimum absolute atomic E-state index is 0.00472. The molecule has 2 amide bonds. The van der Waals surface area contributed by atoms with Crippen LogP contribution in [0.4, 0.5) is 17.6 Å². The minimum Gasteiger partial charge on any atom is -0.389 e. The lowest BCUT2D eigenvalue weighted by Gasteiger charge is -2.34. The highest BCUT2D eigenvalue weighted by Crippen LogP contribution is 2.42. The Morgan fingerprint density at radius 3 is 2.44 bits per heavy atom. The van der Waals surface area contributed by atoms with Crippen LogP contribution in [-0.4, -0.2) is 78.3 Å². The number of benzene rings is 1. The van der Waals surface area contributed by atoms with Gasteiger partial charge in [-0.05, 0) is 46.6 Å². The lowest BCUT2D eigenvalue weighted by atomic mass is 10.0. The van der Waals surface area contributed by atoms with Crippen LogP contribution in [0, 0.1) is 0 Å². The Balaban J connectivity index is 2.09. The normalized spacial score (nSPS) is 19.2. The quantitative estimate of drug-likeness (QED) is 0.348. The molecule has 1 fully saturated rings. The van der Waals surface area contributed by atoms with Gasteiger partial charge in [0.1, 0.15) is 22.8 Å². The molecule has 0 unspecified atom stereocenters. The van der Waals surface area contributed by atoms with Crippen molar-refractivity contribution >= 4 is 56.4 Å². The number of carbonyl (C=O) groups excluding carboxylic acids is 2. The van der Waals surface area contributed by atoms with Gasteiger partial charge in [0.05, 0.1) is 20.5 Å². The summed E-state index contributed by atoms with van der Waals surface area (Å²) in [6.45, 7) is 5.14. The van der Waals surface area contributed by atoms with Gasteiger partial charge in [0.15, 0.2) is 5.01 Å². The van der Waals surface area contributed by atoms with E-state index in [0.29, 0.717) is 6.92 Å². The summed E-state index contributed by atoms with van der Waals surface area (Å²) >= 11 is 13.4. The van der Waals surface area contributed by atoms with Crippen molar-refractivity contribution in [3.63, 3.8) is 0 Å². The van der Waals surface area contributed by atoms with Crippen molar-refractivity contribution in [2.24, 2.45) is 0 Å². The van der Waals surface area contributed by atoms with E-state index in [1.54, 1.807) is 6.92 Å². The molecular weight excluding hydrogens is 635 g/mol. The Bertz CT molecular complexity index is 1430. The fourth-order valence-electron chi connectivity index (χ4n) is 3.95.